The zero-order valence-corrected chi connectivity index (χ0v) is 8.01. The molecule has 2 saturated carbocycles. The zero-order valence-electron chi connectivity index (χ0n) is 8.01. The lowest BCUT2D eigenvalue weighted by molar-refractivity contribution is -0.123. The van der Waals surface area contributed by atoms with Gasteiger partial charge in [0.15, 0.2) is 0 Å². The first kappa shape index (κ1) is 9.00. The lowest BCUT2D eigenvalue weighted by atomic mass is 10.2. The van der Waals surface area contributed by atoms with Crippen LogP contribution in [0.2, 0.25) is 0 Å². The first-order valence-electron chi connectivity index (χ1n) is 5.28. The molecule has 74 valence electrons. The van der Waals surface area contributed by atoms with E-state index >= 15 is 0 Å². The van der Waals surface area contributed by atoms with Crippen LogP contribution in [-0.2, 0) is 4.79 Å². The summed E-state index contributed by atoms with van der Waals surface area (Å²) >= 11 is 0. The van der Waals surface area contributed by atoms with E-state index in [1.54, 1.807) is 0 Å². The standard InChI is InChI=1S/C10H18N2O/c11-10(5-6-10)9(13)12-7-1-2-8-3-4-8/h8H,1-7,11H2,(H,12,13). The maximum Gasteiger partial charge on any atom is 0.240 e. The Balaban J connectivity index is 1.54. The van der Waals surface area contributed by atoms with Crippen molar-refractivity contribution in [3.63, 3.8) is 0 Å². The molecule has 0 aromatic carbocycles. The normalized spacial score (nSPS) is 24.1. The fourth-order valence-corrected chi connectivity index (χ4v) is 1.54. The number of hydrogen-bond donors (Lipinski definition) is 2. The summed E-state index contributed by atoms with van der Waals surface area (Å²) in [4.78, 5) is 11.4. The van der Waals surface area contributed by atoms with E-state index in [1.807, 2.05) is 0 Å². The highest BCUT2D eigenvalue weighted by atomic mass is 16.2. The Bertz CT molecular complexity index is 207. The molecule has 0 unspecified atom stereocenters. The average Bonchev–Trinajstić information content (AvgIpc) is 2.95. The van der Waals surface area contributed by atoms with E-state index in [1.165, 1.54) is 19.3 Å². The van der Waals surface area contributed by atoms with E-state index in [9.17, 15) is 4.79 Å². The SMILES string of the molecule is NC1(C(=O)NCCCC2CC2)CC1. The Morgan fingerprint density at radius 2 is 2.15 bits per heavy atom. The van der Waals surface area contributed by atoms with Crippen molar-refractivity contribution in [2.75, 3.05) is 6.54 Å². The van der Waals surface area contributed by atoms with Crippen LogP contribution in [0.5, 0.6) is 0 Å². The predicted molar refractivity (Wildman–Crippen MR) is 51.1 cm³/mol. The van der Waals surface area contributed by atoms with Gasteiger partial charge in [0.05, 0.1) is 5.54 Å². The smallest absolute Gasteiger partial charge is 0.240 e. The number of carbonyl (C=O) groups excluding carboxylic acids is 1. The van der Waals surface area contributed by atoms with Crippen molar-refractivity contribution >= 4 is 5.91 Å². The minimum atomic E-state index is -0.487. The topological polar surface area (TPSA) is 55.1 Å². The van der Waals surface area contributed by atoms with Gasteiger partial charge in [0.1, 0.15) is 0 Å². The number of nitrogens with one attached hydrogen (secondary N) is 1. The van der Waals surface area contributed by atoms with E-state index in [0.29, 0.717) is 0 Å². The Kier molecular flexibility index (Phi) is 2.28. The van der Waals surface area contributed by atoms with E-state index < -0.39 is 5.54 Å². The maximum absolute atomic E-state index is 11.4. The molecule has 3 nitrogen and oxygen atoms in total. The summed E-state index contributed by atoms with van der Waals surface area (Å²) in [7, 11) is 0. The highest BCUT2D eigenvalue weighted by Crippen LogP contribution is 2.33. The van der Waals surface area contributed by atoms with Crippen molar-refractivity contribution in [1.82, 2.24) is 5.32 Å². The Morgan fingerprint density at radius 1 is 1.46 bits per heavy atom. The van der Waals surface area contributed by atoms with Gasteiger partial charge in [-0.05, 0) is 31.6 Å². The average molecular weight is 182 g/mol. The van der Waals surface area contributed by atoms with E-state index in [4.69, 9.17) is 5.73 Å². The summed E-state index contributed by atoms with van der Waals surface area (Å²) < 4.78 is 0. The summed E-state index contributed by atoms with van der Waals surface area (Å²) in [5, 5.41) is 2.90. The predicted octanol–water partition coefficient (Wildman–Crippen LogP) is 0.784. The molecule has 0 aromatic heterocycles. The first-order chi connectivity index (χ1) is 6.21. The molecular weight excluding hydrogens is 164 g/mol. The van der Waals surface area contributed by atoms with Crippen LogP contribution in [0.3, 0.4) is 0 Å². The van der Waals surface area contributed by atoms with Crippen LogP contribution in [-0.4, -0.2) is 18.0 Å². The molecule has 0 bridgehead atoms. The number of rotatable bonds is 5. The van der Waals surface area contributed by atoms with Crippen LogP contribution >= 0.6 is 0 Å². The summed E-state index contributed by atoms with van der Waals surface area (Å²) in [5.74, 6) is 1.02. The van der Waals surface area contributed by atoms with Crippen LogP contribution in [0.25, 0.3) is 0 Å². The number of carbonyl (C=O) groups is 1. The molecule has 2 aliphatic carbocycles. The van der Waals surface area contributed by atoms with Crippen LogP contribution in [0.15, 0.2) is 0 Å². The van der Waals surface area contributed by atoms with Gasteiger partial charge in [-0.25, -0.2) is 0 Å². The van der Waals surface area contributed by atoms with Gasteiger partial charge in [-0.1, -0.05) is 12.8 Å². The molecule has 0 saturated heterocycles. The Morgan fingerprint density at radius 3 is 2.69 bits per heavy atom. The van der Waals surface area contributed by atoms with Gasteiger partial charge in [-0.15, -0.1) is 0 Å². The van der Waals surface area contributed by atoms with Crippen LogP contribution in [0, 0.1) is 5.92 Å². The zero-order chi connectivity index (χ0) is 9.31. The summed E-state index contributed by atoms with van der Waals surface area (Å²) in [6.45, 7) is 0.814. The first-order valence-corrected chi connectivity index (χ1v) is 5.28. The van der Waals surface area contributed by atoms with Gasteiger partial charge in [-0.2, -0.15) is 0 Å². The highest BCUT2D eigenvalue weighted by Gasteiger charge is 2.45. The summed E-state index contributed by atoms with van der Waals surface area (Å²) in [5.41, 5.74) is 5.25. The quantitative estimate of drug-likeness (QED) is 0.617. The monoisotopic (exact) mass is 182 g/mol. The van der Waals surface area contributed by atoms with Crippen molar-refractivity contribution in [3.05, 3.63) is 0 Å². The molecule has 0 heterocycles. The second-order valence-corrected chi connectivity index (χ2v) is 4.50. The fraction of sp³-hybridized carbons (Fsp3) is 0.900. The molecule has 2 rings (SSSR count). The third-order valence-corrected chi connectivity index (χ3v) is 3.01. The second kappa shape index (κ2) is 3.29. The molecule has 0 spiro atoms. The Hall–Kier alpha value is -0.570. The number of nitrogens with two attached hydrogens (primary N) is 1. The van der Waals surface area contributed by atoms with Crippen LogP contribution in [0.1, 0.15) is 38.5 Å². The molecule has 2 fully saturated rings. The molecule has 1 amide bonds. The molecule has 0 aromatic rings. The lowest BCUT2D eigenvalue weighted by Crippen LogP contribution is -2.43. The maximum atomic E-state index is 11.4. The minimum absolute atomic E-state index is 0.0586. The van der Waals surface area contributed by atoms with Crippen LogP contribution in [0.4, 0.5) is 0 Å². The molecule has 13 heavy (non-hydrogen) atoms. The van der Waals surface area contributed by atoms with Gasteiger partial charge >= 0.3 is 0 Å². The van der Waals surface area contributed by atoms with Gasteiger partial charge in [0.25, 0.3) is 0 Å². The lowest BCUT2D eigenvalue weighted by Gasteiger charge is -2.09. The van der Waals surface area contributed by atoms with Crippen LogP contribution < -0.4 is 11.1 Å². The molecule has 3 N–H and O–H groups in total. The third kappa shape index (κ3) is 2.44. The fourth-order valence-electron chi connectivity index (χ4n) is 1.54. The Labute approximate surface area is 79.1 Å². The summed E-state index contributed by atoms with van der Waals surface area (Å²) in [6.07, 6.45) is 6.91. The van der Waals surface area contributed by atoms with Crippen molar-refractivity contribution in [2.45, 2.75) is 44.1 Å². The molecule has 0 radical (unpaired) electrons. The van der Waals surface area contributed by atoms with Crippen molar-refractivity contribution < 1.29 is 4.79 Å². The minimum Gasteiger partial charge on any atom is -0.355 e. The van der Waals surface area contributed by atoms with E-state index in [-0.39, 0.29) is 5.91 Å². The molecule has 0 aliphatic heterocycles. The van der Waals surface area contributed by atoms with Gasteiger partial charge in [-0.3, -0.25) is 4.79 Å². The van der Waals surface area contributed by atoms with Crippen molar-refractivity contribution in [1.29, 1.82) is 0 Å². The molecular formula is C10H18N2O. The van der Waals surface area contributed by atoms with Crippen molar-refractivity contribution in [3.8, 4) is 0 Å². The van der Waals surface area contributed by atoms with E-state index in [0.717, 1.165) is 31.7 Å². The van der Waals surface area contributed by atoms with Gasteiger partial charge in [0.2, 0.25) is 5.91 Å². The molecule has 2 aliphatic rings. The van der Waals surface area contributed by atoms with E-state index in [2.05, 4.69) is 5.32 Å². The second-order valence-electron chi connectivity index (χ2n) is 4.50. The molecule has 3 heteroatoms. The molecule has 0 atom stereocenters. The highest BCUT2D eigenvalue weighted by molar-refractivity contribution is 5.88. The third-order valence-electron chi connectivity index (χ3n) is 3.01. The number of amides is 1. The van der Waals surface area contributed by atoms with Gasteiger partial charge < -0.3 is 11.1 Å². The van der Waals surface area contributed by atoms with Crippen molar-refractivity contribution in [2.24, 2.45) is 11.7 Å². The summed E-state index contributed by atoms with van der Waals surface area (Å²) in [6, 6.07) is 0. The number of hydrogen-bond acceptors (Lipinski definition) is 2. The largest absolute Gasteiger partial charge is 0.355 e. The van der Waals surface area contributed by atoms with Gasteiger partial charge in [0, 0.05) is 6.54 Å².